The van der Waals surface area contributed by atoms with Crippen LogP contribution in [0.5, 0.6) is 0 Å². The molecule has 0 spiro atoms. The largest absolute Gasteiger partial charge is 0.466 e. The van der Waals surface area contributed by atoms with E-state index in [4.69, 9.17) is 4.74 Å². The van der Waals surface area contributed by atoms with Gasteiger partial charge in [0, 0.05) is 19.4 Å². The summed E-state index contributed by atoms with van der Waals surface area (Å²) in [6.45, 7) is 1.52. The van der Waals surface area contributed by atoms with Gasteiger partial charge in [-0.05, 0) is 12.0 Å². The molecule has 0 aromatic heterocycles. The first kappa shape index (κ1) is 13.9. The molecule has 0 atom stereocenters. The molecule has 0 unspecified atom stereocenters. The highest BCUT2D eigenvalue weighted by Gasteiger charge is 2.10. The van der Waals surface area contributed by atoms with E-state index in [-0.39, 0.29) is 24.7 Å². The van der Waals surface area contributed by atoms with Crippen LogP contribution in [0.3, 0.4) is 0 Å². The monoisotopic (exact) mass is 249 g/mol. The smallest absolute Gasteiger partial charge is 0.302 e. The van der Waals surface area contributed by atoms with Gasteiger partial charge in [-0.15, -0.1) is 0 Å². The Morgan fingerprint density at radius 2 is 2.06 bits per heavy atom. The molecule has 0 heterocycles. The van der Waals surface area contributed by atoms with Crippen LogP contribution in [0.15, 0.2) is 36.0 Å². The summed E-state index contributed by atoms with van der Waals surface area (Å²) in [6, 6.07) is 9.10. The molecule has 5 nitrogen and oxygen atoms in total. The van der Waals surface area contributed by atoms with Gasteiger partial charge in [0.2, 0.25) is 5.70 Å². The SMILES string of the molecule is CC(=O)OCCC/C(=C/c1ccccc1)[N+](=O)[O-]. The highest BCUT2D eigenvalue weighted by Crippen LogP contribution is 2.12. The summed E-state index contributed by atoms with van der Waals surface area (Å²) in [7, 11) is 0. The molecule has 0 fully saturated rings. The van der Waals surface area contributed by atoms with E-state index in [0.717, 1.165) is 5.56 Å². The number of rotatable bonds is 6. The van der Waals surface area contributed by atoms with Gasteiger partial charge < -0.3 is 4.74 Å². The van der Waals surface area contributed by atoms with Crippen molar-refractivity contribution in [3.8, 4) is 0 Å². The number of ether oxygens (including phenoxy) is 1. The number of nitro groups is 1. The zero-order valence-electron chi connectivity index (χ0n) is 10.2. The normalized spacial score (nSPS) is 11.1. The third-order valence-electron chi connectivity index (χ3n) is 2.25. The van der Waals surface area contributed by atoms with Crippen LogP contribution in [-0.4, -0.2) is 17.5 Å². The quantitative estimate of drug-likeness (QED) is 0.336. The third kappa shape index (κ3) is 5.25. The van der Waals surface area contributed by atoms with E-state index in [1.807, 2.05) is 18.2 Å². The maximum Gasteiger partial charge on any atom is 0.302 e. The lowest BCUT2D eigenvalue weighted by Crippen LogP contribution is -2.04. The van der Waals surface area contributed by atoms with Crippen LogP contribution in [0.1, 0.15) is 25.3 Å². The van der Waals surface area contributed by atoms with Gasteiger partial charge >= 0.3 is 5.97 Å². The standard InChI is InChI=1S/C13H15NO4/c1-11(15)18-9-5-8-13(14(16)17)10-12-6-3-2-4-7-12/h2-4,6-7,10H,5,8-9H2,1H3/b13-10-. The van der Waals surface area contributed by atoms with Crippen LogP contribution < -0.4 is 0 Å². The molecule has 0 aliphatic carbocycles. The van der Waals surface area contributed by atoms with Crippen molar-refractivity contribution < 1.29 is 14.5 Å². The van der Waals surface area contributed by atoms with Gasteiger partial charge in [0.05, 0.1) is 11.5 Å². The average Bonchev–Trinajstić information content (AvgIpc) is 2.33. The molecular formula is C13H15NO4. The number of benzene rings is 1. The lowest BCUT2D eigenvalue weighted by Gasteiger charge is -2.01. The van der Waals surface area contributed by atoms with Gasteiger partial charge in [0.25, 0.3) is 0 Å². The summed E-state index contributed by atoms with van der Waals surface area (Å²) in [5, 5.41) is 10.9. The van der Waals surface area contributed by atoms with Gasteiger partial charge in [-0.1, -0.05) is 30.3 Å². The van der Waals surface area contributed by atoms with Crippen molar-refractivity contribution in [1.29, 1.82) is 0 Å². The Morgan fingerprint density at radius 3 is 2.61 bits per heavy atom. The Labute approximate surface area is 105 Å². The van der Waals surface area contributed by atoms with Crippen molar-refractivity contribution >= 4 is 12.0 Å². The van der Waals surface area contributed by atoms with Crippen LogP contribution in [0.2, 0.25) is 0 Å². The molecule has 1 aromatic carbocycles. The first-order valence-corrected chi connectivity index (χ1v) is 5.63. The molecule has 96 valence electrons. The Hall–Kier alpha value is -2.17. The number of carbonyl (C=O) groups excluding carboxylic acids is 1. The second-order valence-electron chi connectivity index (χ2n) is 3.75. The van der Waals surface area contributed by atoms with Crippen molar-refractivity contribution in [3.63, 3.8) is 0 Å². The summed E-state index contributed by atoms with van der Waals surface area (Å²) < 4.78 is 4.73. The highest BCUT2D eigenvalue weighted by atomic mass is 16.6. The minimum Gasteiger partial charge on any atom is -0.466 e. The Balaban J connectivity index is 2.58. The van der Waals surface area contributed by atoms with Gasteiger partial charge in [0.1, 0.15) is 0 Å². The summed E-state index contributed by atoms with van der Waals surface area (Å²) in [5.41, 5.74) is 0.907. The van der Waals surface area contributed by atoms with Crippen LogP contribution in [-0.2, 0) is 9.53 Å². The minimum atomic E-state index is -0.402. The number of allylic oxidation sites excluding steroid dienone is 1. The molecule has 0 aliphatic rings. The molecule has 0 N–H and O–H groups in total. The second kappa shape index (κ2) is 7.21. The molecular weight excluding hydrogens is 234 g/mol. The van der Waals surface area contributed by atoms with Crippen molar-refractivity contribution in [2.24, 2.45) is 0 Å². The Kier molecular flexibility index (Phi) is 5.57. The fraction of sp³-hybridized carbons (Fsp3) is 0.308. The maximum atomic E-state index is 10.9. The number of hydrogen-bond acceptors (Lipinski definition) is 4. The van der Waals surface area contributed by atoms with Gasteiger partial charge in [-0.2, -0.15) is 0 Å². The van der Waals surface area contributed by atoms with Gasteiger partial charge in [0.15, 0.2) is 0 Å². The lowest BCUT2D eigenvalue weighted by molar-refractivity contribution is -0.426. The molecule has 0 radical (unpaired) electrons. The number of hydrogen-bond donors (Lipinski definition) is 0. The van der Waals surface area contributed by atoms with E-state index in [2.05, 4.69) is 0 Å². The Bertz CT molecular complexity index is 440. The van der Waals surface area contributed by atoms with Crippen molar-refractivity contribution in [2.45, 2.75) is 19.8 Å². The molecule has 18 heavy (non-hydrogen) atoms. The van der Waals surface area contributed by atoms with Gasteiger partial charge in [-0.25, -0.2) is 0 Å². The zero-order valence-corrected chi connectivity index (χ0v) is 10.2. The van der Waals surface area contributed by atoms with E-state index in [9.17, 15) is 14.9 Å². The minimum absolute atomic E-state index is 0.119. The molecule has 5 heteroatoms. The highest BCUT2D eigenvalue weighted by molar-refractivity contribution is 5.65. The summed E-state index contributed by atoms with van der Waals surface area (Å²) in [4.78, 5) is 21.0. The second-order valence-corrected chi connectivity index (χ2v) is 3.75. The molecule has 0 bridgehead atoms. The molecule has 1 aromatic rings. The van der Waals surface area contributed by atoms with Crippen LogP contribution in [0.25, 0.3) is 6.08 Å². The van der Waals surface area contributed by atoms with E-state index in [1.165, 1.54) is 13.0 Å². The molecule has 0 amide bonds. The summed E-state index contributed by atoms with van der Waals surface area (Å²) in [6.07, 6.45) is 2.25. The molecule has 0 saturated heterocycles. The van der Waals surface area contributed by atoms with E-state index in [0.29, 0.717) is 6.42 Å². The van der Waals surface area contributed by atoms with Gasteiger partial charge in [-0.3, -0.25) is 14.9 Å². The first-order chi connectivity index (χ1) is 8.59. The first-order valence-electron chi connectivity index (χ1n) is 5.63. The fourth-order valence-electron chi connectivity index (χ4n) is 1.43. The maximum absolute atomic E-state index is 10.9. The Morgan fingerprint density at radius 1 is 1.39 bits per heavy atom. The number of carbonyl (C=O) groups is 1. The lowest BCUT2D eigenvalue weighted by atomic mass is 10.1. The average molecular weight is 249 g/mol. The summed E-state index contributed by atoms with van der Waals surface area (Å²) in [5.74, 6) is -0.371. The fourth-order valence-corrected chi connectivity index (χ4v) is 1.43. The zero-order chi connectivity index (χ0) is 13.4. The number of nitrogens with zero attached hydrogens (tertiary/aromatic N) is 1. The van der Waals surface area contributed by atoms with E-state index in [1.54, 1.807) is 12.1 Å². The van der Waals surface area contributed by atoms with Crippen molar-refractivity contribution in [2.75, 3.05) is 6.61 Å². The number of esters is 1. The van der Waals surface area contributed by atoms with E-state index < -0.39 is 4.92 Å². The van der Waals surface area contributed by atoms with Crippen molar-refractivity contribution in [1.82, 2.24) is 0 Å². The predicted molar refractivity (Wildman–Crippen MR) is 67.3 cm³/mol. The molecule has 0 saturated carbocycles. The van der Waals surface area contributed by atoms with Crippen molar-refractivity contribution in [3.05, 3.63) is 51.7 Å². The third-order valence-corrected chi connectivity index (χ3v) is 2.25. The van der Waals surface area contributed by atoms with Crippen LogP contribution >= 0.6 is 0 Å². The van der Waals surface area contributed by atoms with E-state index >= 15 is 0 Å². The van der Waals surface area contributed by atoms with Crippen LogP contribution in [0.4, 0.5) is 0 Å². The predicted octanol–water partition coefficient (Wildman–Crippen LogP) is 2.65. The topological polar surface area (TPSA) is 69.4 Å². The molecule has 0 aliphatic heterocycles. The van der Waals surface area contributed by atoms with Crippen LogP contribution in [0, 0.1) is 10.1 Å². The summed E-state index contributed by atoms with van der Waals surface area (Å²) >= 11 is 0. The molecule has 1 rings (SSSR count).